The summed E-state index contributed by atoms with van der Waals surface area (Å²) < 4.78 is 53.1. The summed E-state index contributed by atoms with van der Waals surface area (Å²) in [5.74, 6) is 0. The molecule has 0 amide bonds. The van der Waals surface area contributed by atoms with Gasteiger partial charge >= 0.3 is 0 Å². The number of halogens is 1. The molecule has 0 fully saturated rings. The van der Waals surface area contributed by atoms with E-state index in [0.717, 1.165) is 10.4 Å². The lowest BCUT2D eigenvalue weighted by Crippen LogP contribution is -2.30. The van der Waals surface area contributed by atoms with Gasteiger partial charge in [-0.15, -0.1) is 0 Å². The second kappa shape index (κ2) is 6.19. The van der Waals surface area contributed by atoms with Gasteiger partial charge in [0.25, 0.3) is 9.05 Å². The van der Waals surface area contributed by atoms with E-state index in [1.54, 1.807) is 0 Å². The minimum Gasteiger partial charge on any atom is -0.383 e. The van der Waals surface area contributed by atoms with Crippen LogP contribution in [0.5, 0.6) is 0 Å². The zero-order valence-electron chi connectivity index (χ0n) is 10.4. The summed E-state index contributed by atoms with van der Waals surface area (Å²) in [5, 5.41) is 0. The fraction of sp³-hybridized carbons (Fsp3) is 0.400. The first-order valence-electron chi connectivity index (χ1n) is 5.20. The zero-order valence-corrected chi connectivity index (χ0v) is 12.8. The Morgan fingerprint density at radius 1 is 1.16 bits per heavy atom. The summed E-state index contributed by atoms with van der Waals surface area (Å²) >= 11 is 0. The monoisotopic (exact) mass is 327 g/mol. The Morgan fingerprint density at radius 2 is 1.68 bits per heavy atom. The molecule has 19 heavy (non-hydrogen) atoms. The highest BCUT2D eigenvalue weighted by atomic mass is 35.7. The Bertz CT molecular complexity index is 642. The minimum absolute atomic E-state index is 0.107. The van der Waals surface area contributed by atoms with Gasteiger partial charge in [-0.05, 0) is 12.1 Å². The SMILES string of the molecule is COCCN(C)S(=O)(=O)c1ccccc1S(=O)(=O)Cl. The standard InChI is InChI=1S/C10H14ClNO5S2/c1-12(7-8-17-2)19(15,16)10-6-4-3-5-9(10)18(11,13)14/h3-6H,7-8H2,1-2H3. The quantitative estimate of drug-likeness (QED) is 0.725. The number of sulfonamides is 1. The maximum absolute atomic E-state index is 12.3. The van der Waals surface area contributed by atoms with E-state index in [4.69, 9.17) is 15.4 Å². The van der Waals surface area contributed by atoms with Gasteiger partial charge in [-0.25, -0.2) is 16.8 Å². The second-order valence-corrected chi connectivity index (χ2v) is 8.25. The van der Waals surface area contributed by atoms with Gasteiger partial charge in [-0.3, -0.25) is 0 Å². The lowest BCUT2D eigenvalue weighted by molar-refractivity contribution is 0.185. The van der Waals surface area contributed by atoms with E-state index in [1.807, 2.05) is 0 Å². The van der Waals surface area contributed by atoms with Crippen LogP contribution in [0.25, 0.3) is 0 Å². The molecular formula is C10H14ClNO5S2. The van der Waals surface area contributed by atoms with E-state index in [1.165, 1.54) is 32.4 Å². The van der Waals surface area contributed by atoms with Crippen molar-refractivity contribution in [2.45, 2.75) is 9.79 Å². The van der Waals surface area contributed by atoms with Crippen molar-refractivity contribution in [1.82, 2.24) is 4.31 Å². The van der Waals surface area contributed by atoms with Crippen LogP contribution < -0.4 is 0 Å². The molecule has 9 heteroatoms. The van der Waals surface area contributed by atoms with E-state index in [-0.39, 0.29) is 18.0 Å². The highest BCUT2D eigenvalue weighted by molar-refractivity contribution is 8.14. The molecule has 1 aromatic rings. The first-order valence-corrected chi connectivity index (χ1v) is 8.95. The number of hydrogen-bond donors (Lipinski definition) is 0. The van der Waals surface area contributed by atoms with Crippen molar-refractivity contribution in [3.05, 3.63) is 24.3 Å². The van der Waals surface area contributed by atoms with Gasteiger partial charge in [0.05, 0.1) is 6.61 Å². The smallest absolute Gasteiger partial charge is 0.262 e. The van der Waals surface area contributed by atoms with Crippen LogP contribution in [0.4, 0.5) is 0 Å². The predicted octanol–water partition coefficient (Wildman–Crippen LogP) is 0.881. The normalized spacial score (nSPS) is 12.8. The molecule has 0 bridgehead atoms. The predicted molar refractivity (Wildman–Crippen MR) is 71.2 cm³/mol. The lowest BCUT2D eigenvalue weighted by atomic mass is 10.4. The van der Waals surface area contributed by atoms with Crippen LogP contribution in [0.2, 0.25) is 0 Å². The highest BCUT2D eigenvalue weighted by Crippen LogP contribution is 2.25. The van der Waals surface area contributed by atoms with Crippen molar-refractivity contribution in [3.8, 4) is 0 Å². The molecule has 0 N–H and O–H groups in total. The summed E-state index contributed by atoms with van der Waals surface area (Å²) in [5.41, 5.74) is 0. The molecule has 0 aliphatic heterocycles. The molecule has 0 heterocycles. The molecule has 1 aromatic carbocycles. The molecule has 0 unspecified atom stereocenters. The lowest BCUT2D eigenvalue weighted by Gasteiger charge is -2.17. The molecule has 0 aliphatic carbocycles. The molecule has 1 rings (SSSR count). The third-order valence-corrected chi connectivity index (χ3v) is 5.83. The van der Waals surface area contributed by atoms with Gasteiger partial charge in [0.15, 0.2) is 0 Å². The number of nitrogens with zero attached hydrogens (tertiary/aromatic N) is 1. The average molecular weight is 328 g/mol. The molecule has 0 spiro atoms. The molecule has 0 radical (unpaired) electrons. The van der Waals surface area contributed by atoms with Crippen molar-refractivity contribution in [3.63, 3.8) is 0 Å². The minimum atomic E-state index is -4.14. The Balaban J connectivity index is 3.30. The van der Waals surface area contributed by atoms with Crippen LogP contribution in [0.1, 0.15) is 0 Å². The maximum atomic E-state index is 12.3. The topological polar surface area (TPSA) is 80.8 Å². The molecule has 0 atom stereocenters. The number of hydrogen-bond acceptors (Lipinski definition) is 5. The van der Waals surface area contributed by atoms with Crippen LogP contribution in [0.3, 0.4) is 0 Å². The first kappa shape index (κ1) is 16.4. The number of rotatable bonds is 6. The van der Waals surface area contributed by atoms with Crippen molar-refractivity contribution in [2.75, 3.05) is 27.3 Å². The number of likely N-dealkylation sites (N-methyl/N-ethyl adjacent to an activating group) is 1. The van der Waals surface area contributed by atoms with Crippen LogP contribution in [0, 0.1) is 0 Å². The Hall–Kier alpha value is -0.670. The Kier molecular flexibility index (Phi) is 5.34. The molecule has 108 valence electrons. The van der Waals surface area contributed by atoms with E-state index in [2.05, 4.69) is 0 Å². The summed E-state index contributed by atoms with van der Waals surface area (Å²) in [7, 11) is -0.0461. The van der Waals surface area contributed by atoms with E-state index >= 15 is 0 Å². The van der Waals surface area contributed by atoms with E-state index < -0.39 is 24.0 Å². The summed E-state index contributed by atoms with van der Waals surface area (Å²) in [6.07, 6.45) is 0. The van der Waals surface area contributed by atoms with Gasteiger partial charge in [0.1, 0.15) is 9.79 Å². The third-order valence-electron chi connectivity index (χ3n) is 2.41. The molecule has 0 aliphatic rings. The van der Waals surface area contributed by atoms with Crippen LogP contribution in [-0.2, 0) is 23.8 Å². The third kappa shape index (κ3) is 3.90. The Labute approximate surface area is 117 Å². The van der Waals surface area contributed by atoms with Crippen LogP contribution in [0.15, 0.2) is 34.1 Å². The number of methoxy groups -OCH3 is 1. The Morgan fingerprint density at radius 3 is 2.16 bits per heavy atom. The van der Waals surface area contributed by atoms with Crippen molar-refractivity contribution >= 4 is 29.8 Å². The van der Waals surface area contributed by atoms with Gasteiger partial charge < -0.3 is 4.74 Å². The van der Waals surface area contributed by atoms with Gasteiger partial charge in [0.2, 0.25) is 10.0 Å². The van der Waals surface area contributed by atoms with Gasteiger partial charge in [0, 0.05) is 31.4 Å². The van der Waals surface area contributed by atoms with Crippen LogP contribution in [-0.4, -0.2) is 48.4 Å². The van der Waals surface area contributed by atoms with Gasteiger partial charge in [-0.1, -0.05) is 12.1 Å². The average Bonchev–Trinajstić information content (AvgIpc) is 2.34. The summed E-state index contributed by atoms with van der Waals surface area (Å²) in [6, 6.07) is 5.19. The second-order valence-electron chi connectivity index (χ2n) is 3.70. The zero-order chi connectivity index (χ0) is 14.7. The fourth-order valence-corrected chi connectivity index (χ4v) is 4.33. The van der Waals surface area contributed by atoms with E-state index in [9.17, 15) is 16.8 Å². The maximum Gasteiger partial charge on any atom is 0.262 e. The molecule has 0 saturated heterocycles. The van der Waals surface area contributed by atoms with Crippen molar-refractivity contribution in [2.24, 2.45) is 0 Å². The van der Waals surface area contributed by atoms with Crippen molar-refractivity contribution < 1.29 is 21.6 Å². The summed E-state index contributed by atoms with van der Waals surface area (Å²) in [6.45, 7) is 0.307. The highest BCUT2D eigenvalue weighted by Gasteiger charge is 2.28. The van der Waals surface area contributed by atoms with Crippen LogP contribution >= 0.6 is 10.7 Å². The first-order chi connectivity index (χ1) is 8.71. The number of ether oxygens (including phenoxy) is 1. The van der Waals surface area contributed by atoms with E-state index in [0.29, 0.717) is 0 Å². The molecular weight excluding hydrogens is 314 g/mol. The van der Waals surface area contributed by atoms with Crippen molar-refractivity contribution in [1.29, 1.82) is 0 Å². The molecule has 0 saturated carbocycles. The molecule has 6 nitrogen and oxygen atoms in total. The molecule has 0 aromatic heterocycles. The number of benzene rings is 1. The summed E-state index contributed by atoms with van der Waals surface area (Å²) in [4.78, 5) is -0.774. The van der Waals surface area contributed by atoms with Gasteiger partial charge in [-0.2, -0.15) is 4.31 Å². The largest absolute Gasteiger partial charge is 0.383 e. The fourth-order valence-electron chi connectivity index (χ4n) is 1.37.